The van der Waals surface area contributed by atoms with Gasteiger partial charge in [0.25, 0.3) is 0 Å². The van der Waals surface area contributed by atoms with E-state index in [1.807, 2.05) is 6.07 Å². The molecule has 0 aliphatic carbocycles. The van der Waals surface area contributed by atoms with Gasteiger partial charge in [0.05, 0.1) is 24.6 Å². The predicted octanol–water partition coefficient (Wildman–Crippen LogP) is 1.63. The average Bonchev–Trinajstić information content (AvgIpc) is 2.71. The average molecular weight is 392 g/mol. The molecule has 2 rings (SSSR count). The molecule has 0 amide bonds. The highest BCUT2D eigenvalue weighted by atomic mass is 16.5. The first kappa shape index (κ1) is 23.0. The van der Waals surface area contributed by atoms with Gasteiger partial charge in [-0.15, -0.1) is 0 Å². The Balaban J connectivity index is 0.000000416. The second-order valence-electron chi connectivity index (χ2n) is 5.75. The van der Waals surface area contributed by atoms with Crippen molar-refractivity contribution in [2.75, 3.05) is 50.1 Å². The summed E-state index contributed by atoms with van der Waals surface area (Å²) in [6.07, 6.45) is 2.19. The van der Waals surface area contributed by atoms with E-state index in [2.05, 4.69) is 45.6 Å². The minimum absolute atomic E-state index is 0.558. The Morgan fingerprint density at radius 1 is 1.18 bits per heavy atom. The SMILES string of the molecule is CCCNC(=NC)Nc1ccccc1N1CCOCC1.O=C(O)/C=C/C(=O)O. The van der Waals surface area contributed by atoms with Gasteiger partial charge in [-0.05, 0) is 18.6 Å². The maximum atomic E-state index is 9.55. The maximum absolute atomic E-state index is 9.55. The monoisotopic (exact) mass is 392 g/mol. The molecule has 9 nitrogen and oxygen atoms in total. The molecule has 154 valence electrons. The Morgan fingerprint density at radius 2 is 1.79 bits per heavy atom. The maximum Gasteiger partial charge on any atom is 0.328 e. The van der Waals surface area contributed by atoms with Crippen LogP contribution < -0.4 is 15.5 Å². The molecule has 0 bridgehead atoms. The van der Waals surface area contributed by atoms with Gasteiger partial charge in [-0.25, -0.2) is 9.59 Å². The van der Waals surface area contributed by atoms with Crippen LogP contribution in [0.2, 0.25) is 0 Å². The highest BCUT2D eigenvalue weighted by Crippen LogP contribution is 2.26. The molecule has 1 aliphatic heterocycles. The van der Waals surface area contributed by atoms with Crippen molar-refractivity contribution in [1.29, 1.82) is 0 Å². The lowest BCUT2D eigenvalue weighted by Crippen LogP contribution is -2.37. The molecule has 4 N–H and O–H groups in total. The molecule has 1 aliphatic rings. The number of nitrogens with one attached hydrogen (secondary N) is 2. The Labute approximate surface area is 164 Å². The Kier molecular flexibility index (Phi) is 10.8. The minimum Gasteiger partial charge on any atom is -0.478 e. The van der Waals surface area contributed by atoms with Gasteiger partial charge >= 0.3 is 11.9 Å². The number of carboxylic acid groups (broad SMARTS) is 2. The van der Waals surface area contributed by atoms with E-state index < -0.39 is 11.9 Å². The van der Waals surface area contributed by atoms with Crippen LogP contribution in [0.4, 0.5) is 11.4 Å². The molecule has 0 radical (unpaired) electrons. The first-order valence-corrected chi connectivity index (χ1v) is 9.01. The topological polar surface area (TPSA) is 123 Å². The van der Waals surface area contributed by atoms with Crippen molar-refractivity contribution in [2.24, 2.45) is 4.99 Å². The van der Waals surface area contributed by atoms with Gasteiger partial charge in [0.2, 0.25) is 0 Å². The summed E-state index contributed by atoms with van der Waals surface area (Å²) in [5.41, 5.74) is 2.29. The molecule has 0 aromatic heterocycles. The number of aliphatic carboxylic acids is 2. The fourth-order valence-electron chi connectivity index (χ4n) is 2.35. The lowest BCUT2D eigenvalue weighted by molar-refractivity contribution is -0.134. The summed E-state index contributed by atoms with van der Waals surface area (Å²) in [4.78, 5) is 25.7. The van der Waals surface area contributed by atoms with E-state index in [0.717, 1.165) is 50.9 Å². The van der Waals surface area contributed by atoms with Gasteiger partial charge in [-0.2, -0.15) is 0 Å². The number of nitrogens with zero attached hydrogens (tertiary/aromatic N) is 2. The van der Waals surface area contributed by atoms with Crippen molar-refractivity contribution in [3.63, 3.8) is 0 Å². The number of aliphatic imine (C=N–C) groups is 1. The summed E-state index contributed by atoms with van der Waals surface area (Å²) >= 11 is 0. The van der Waals surface area contributed by atoms with E-state index in [4.69, 9.17) is 14.9 Å². The van der Waals surface area contributed by atoms with Gasteiger partial charge in [-0.3, -0.25) is 4.99 Å². The number of carbonyl (C=O) groups is 2. The second-order valence-corrected chi connectivity index (χ2v) is 5.75. The first-order valence-electron chi connectivity index (χ1n) is 9.01. The van der Waals surface area contributed by atoms with E-state index in [1.165, 1.54) is 5.69 Å². The number of hydrogen-bond acceptors (Lipinski definition) is 5. The molecule has 1 heterocycles. The van der Waals surface area contributed by atoms with Crippen LogP contribution in [-0.2, 0) is 14.3 Å². The Morgan fingerprint density at radius 3 is 2.32 bits per heavy atom. The lowest BCUT2D eigenvalue weighted by atomic mass is 10.2. The van der Waals surface area contributed by atoms with E-state index in [9.17, 15) is 9.59 Å². The van der Waals surface area contributed by atoms with Crippen LogP contribution in [0.15, 0.2) is 41.4 Å². The van der Waals surface area contributed by atoms with Gasteiger partial charge in [0.15, 0.2) is 5.96 Å². The van der Waals surface area contributed by atoms with Gasteiger partial charge < -0.3 is 30.5 Å². The largest absolute Gasteiger partial charge is 0.478 e. The summed E-state index contributed by atoms with van der Waals surface area (Å²) in [6, 6.07) is 8.34. The number of carboxylic acids is 2. The fraction of sp³-hybridized carbons (Fsp3) is 0.421. The highest BCUT2D eigenvalue weighted by Gasteiger charge is 2.14. The molecule has 0 saturated carbocycles. The van der Waals surface area contributed by atoms with Crippen molar-refractivity contribution >= 4 is 29.3 Å². The molecular weight excluding hydrogens is 364 g/mol. The van der Waals surface area contributed by atoms with Gasteiger partial charge in [-0.1, -0.05) is 19.1 Å². The van der Waals surface area contributed by atoms with Crippen molar-refractivity contribution < 1.29 is 24.5 Å². The summed E-state index contributed by atoms with van der Waals surface area (Å²) in [5, 5.41) is 22.3. The second kappa shape index (κ2) is 13.2. The van der Waals surface area contributed by atoms with E-state index in [1.54, 1.807) is 7.05 Å². The molecule has 0 unspecified atom stereocenters. The number of rotatable bonds is 6. The molecule has 0 atom stereocenters. The van der Waals surface area contributed by atoms with Crippen molar-refractivity contribution in [1.82, 2.24) is 5.32 Å². The van der Waals surface area contributed by atoms with Crippen LogP contribution in [0.1, 0.15) is 13.3 Å². The molecule has 28 heavy (non-hydrogen) atoms. The van der Waals surface area contributed by atoms with E-state index >= 15 is 0 Å². The van der Waals surface area contributed by atoms with E-state index in [0.29, 0.717) is 12.2 Å². The third-order valence-electron chi connectivity index (χ3n) is 3.64. The first-order chi connectivity index (χ1) is 13.5. The number of ether oxygens (including phenoxy) is 1. The van der Waals surface area contributed by atoms with Crippen LogP contribution in [0.25, 0.3) is 0 Å². The van der Waals surface area contributed by atoms with E-state index in [-0.39, 0.29) is 0 Å². The summed E-state index contributed by atoms with van der Waals surface area (Å²) < 4.78 is 5.42. The zero-order chi connectivity index (χ0) is 20.8. The minimum atomic E-state index is -1.26. The molecule has 1 aromatic rings. The van der Waals surface area contributed by atoms with Crippen LogP contribution in [0.5, 0.6) is 0 Å². The summed E-state index contributed by atoms with van der Waals surface area (Å²) in [6.45, 7) is 6.50. The third-order valence-corrected chi connectivity index (χ3v) is 3.64. The van der Waals surface area contributed by atoms with Crippen LogP contribution in [-0.4, -0.2) is 68.0 Å². The quantitative estimate of drug-likeness (QED) is 0.327. The van der Waals surface area contributed by atoms with Gasteiger partial charge in [0.1, 0.15) is 0 Å². The normalized spacial score (nSPS) is 14.2. The summed E-state index contributed by atoms with van der Waals surface area (Å²) in [7, 11) is 1.79. The zero-order valence-electron chi connectivity index (χ0n) is 16.2. The lowest BCUT2D eigenvalue weighted by Gasteiger charge is -2.30. The third kappa shape index (κ3) is 9.04. The molecule has 1 fully saturated rings. The van der Waals surface area contributed by atoms with Crippen molar-refractivity contribution in [2.45, 2.75) is 13.3 Å². The van der Waals surface area contributed by atoms with Crippen molar-refractivity contribution in [3.05, 3.63) is 36.4 Å². The smallest absolute Gasteiger partial charge is 0.328 e. The molecular formula is C19H28N4O5. The number of hydrogen-bond donors (Lipinski definition) is 4. The number of para-hydroxylation sites is 2. The standard InChI is InChI=1S/C15H24N4O.C4H4O4/c1-3-8-17-15(16-2)18-13-6-4-5-7-14(13)19-9-11-20-12-10-19;5-3(6)1-2-4(7)8/h4-7H,3,8-12H2,1-2H3,(H2,16,17,18);1-2H,(H,5,6)(H,7,8)/b;2-1+. The number of morpholine rings is 1. The van der Waals surface area contributed by atoms with Crippen molar-refractivity contribution in [3.8, 4) is 0 Å². The molecule has 1 saturated heterocycles. The number of benzene rings is 1. The highest BCUT2D eigenvalue weighted by molar-refractivity contribution is 5.96. The zero-order valence-corrected chi connectivity index (χ0v) is 16.2. The number of anilines is 2. The fourth-order valence-corrected chi connectivity index (χ4v) is 2.35. The predicted molar refractivity (Wildman–Crippen MR) is 109 cm³/mol. The van der Waals surface area contributed by atoms with Crippen LogP contribution in [0.3, 0.4) is 0 Å². The van der Waals surface area contributed by atoms with Gasteiger partial charge in [0, 0.05) is 38.8 Å². The van der Waals surface area contributed by atoms with Crippen LogP contribution in [0, 0.1) is 0 Å². The summed E-state index contributed by atoms with van der Waals surface area (Å²) in [5.74, 6) is -1.70. The molecule has 9 heteroatoms. The Hall–Kier alpha value is -3.07. The van der Waals surface area contributed by atoms with Crippen LogP contribution >= 0.6 is 0 Å². The number of guanidine groups is 1. The molecule has 0 spiro atoms. The Bertz CT molecular complexity index is 669. The molecule has 1 aromatic carbocycles.